The van der Waals surface area contributed by atoms with Gasteiger partial charge in [-0.3, -0.25) is 4.90 Å². The summed E-state index contributed by atoms with van der Waals surface area (Å²) in [4.78, 5) is 18.7. The van der Waals surface area contributed by atoms with Gasteiger partial charge in [-0.15, -0.1) is 0 Å². The second kappa shape index (κ2) is 9.19. The molecule has 6 nitrogen and oxygen atoms in total. The Morgan fingerprint density at radius 1 is 1.20 bits per heavy atom. The Labute approximate surface area is 153 Å². The summed E-state index contributed by atoms with van der Waals surface area (Å²) >= 11 is 0. The zero-order valence-corrected chi connectivity index (χ0v) is 16.8. The molecule has 6 heteroatoms. The van der Waals surface area contributed by atoms with Gasteiger partial charge in [0.15, 0.2) is 0 Å². The van der Waals surface area contributed by atoms with Crippen molar-refractivity contribution in [3.63, 3.8) is 0 Å². The fraction of sp³-hybridized carbons (Fsp3) is 0.947. The van der Waals surface area contributed by atoms with E-state index >= 15 is 0 Å². The van der Waals surface area contributed by atoms with Crippen LogP contribution >= 0.6 is 0 Å². The van der Waals surface area contributed by atoms with E-state index in [4.69, 9.17) is 9.47 Å². The smallest absolute Gasteiger partial charge is 0.410 e. The summed E-state index contributed by atoms with van der Waals surface area (Å²) in [6.45, 7) is 15.5. The predicted octanol–water partition coefficient (Wildman–Crippen LogP) is 2.29. The number of hydrogen-bond donors (Lipinski definition) is 0. The second-order valence-corrected chi connectivity index (χ2v) is 8.58. The fourth-order valence-corrected chi connectivity index (χ4v) is 3.38. The van der Waals surface area contributed by atoms with Crippen LogP contribution in [0.2, 0.25) is 0 Å². The topological polar surface area (TPSA) is 45.2 Å². The van der Waals surface area contributed by atoms with Crippen molar-refractivity contribution in [3.05, 3.63) is 0 Å². The average Bonchev–Trinajstić information content (AvgIpc) is 2.95. The van der Waals surface area contributed by atoms with Crippen molar-refractivity contribution in [2.45, 2.75) is 52.2 Å². The van der Waals surface area contributed by atoms with Crippen molar-refractivity contribution in [3.8, 4) is 0 Å². The van der Waals surface area contributed by atoms with Gasteiger partial charge in [-0.05, 0) is 46.6 Å². The molecular formula is C19H37N3O3. The molecule has 0 saturated carbocycles. The fourth-order valence-electron chi connectivity index (χ4n) is 3.38. The summed E-state index contributed by atoms with van der Waals surface area (Å²) in [5.74, 6) is 0.703. The first-order valence-electron chi connectivity index (χ1n) is 9.75. The Hall–Kier alpha value is -0.850. The molecule has 146 valence electrons. The van der Waals surface area contributed by atoms with Gasteiger partial charge in [0.25, 0.3) is 0 Å². The largest absolute Gasteiger partial charge is 0.444 e. The molecule has 0 radical (unpaired) electrons. The lowest BCUT2D eigenvalue weighted by Crippen LogP contribution is -2.51. The van der Waals surface area contributed by atoms with Crippen LogP contribution in [0.3, 0.4) is 0 Å². The minimum absolute atomic E-state index is 0.185. The number of amides is 1. The van der Waals surface area contributed by atoms with E-state index in [1.165, 1.54) is 6.42 Å². The highest BCUT2D eigenvalue weighted by atomic mass is 16.6. The van der Waals surface area contributed by atoms with Crippen molar-refractivity contribution in [1.82, 2.24) is 14.7 Å². The number of piperazine rings is 1. The molecule has 0 aliphatic carbocycles. The molecule has 2 aliphatic rings. The Morgan fingerprint density at radius 2 is 1.88 bits per heavy atom. The zero-order valence-electron chi connectivity index (χ0n) is 16.8. The molecule has 25 heavy (non-hydrogen) atoms. The van der Waals surface area contributed by atoms with E-state index < -0.39 is 5.60 Å². The van der Waals surface area contributed by atoms with Gasteiger partial charge in [0.2, 0.25) is 0 Å². The summed E-state index contributed by atoms with van der Waals surface area (Å²) in [7, 11) is 2.19. The SMILES string of the molecule is CC1CCOC1CCN(C)CCN1CCN(C(=O)OC(C)(C)C)CC1. The molecule has 0 spiro atoms. The first-order valence-corrected chi connectivity index (χ1v) is 9.75. The molecule has 1 amide bonds. The highest BCUT2D eigenvalue weighted by molar-refractivity contribution is 5.68. The van der Waals surface area contributed by atoms with E-state index in [-0.39, 0.29) is 6.09 Å². The van der Waals surface area contributed by atoms with Gasteiger partial charge < -0.3 is 19.3 Å². The van der Waals surface area contributed by atoms with Crippen LogP contribution in [0.15, 0.2) is 0 Å². The van der Waals surface area contributed by atoms with Gasteiger partial charge in [-0.25, -0.2) is 4.79 Å². The predicted molar refractivity (Wildman–Crippen MR) is 99.9 cm³/mol. The zero-order chi connectivity index (χ0) is 18.4. The Balaban J connectivity index is 1.59. The van der Waals surface area contributed by atoms with Crippen LogP contribution < -0.4 is 0 Å². The van der Waals surface area contributed by atoms with Gasteiger partial charge in [0.05, 0.1) is 6.10 Å². The third-order valence-corrected chi connectivity index (χ3v) is 5.16. The highest BCUT2D eigenvalue weighted by Gasteiger charge is 2.26. The third kappa shape index (κ3) is 7.12. The van der Waals surface area contributed by atoms with Crippen molar-refractivity contribution < 1.29 is 14.3 Å². The summed E-state index contributed by atoms with van der Waals surface area (Å²) in [6.07, 6.45) is 2.59. The number of ether oxygens (including phenoxy) is 2. The molecule has 0 aromatic carbocycles. The van der Waals surface area contributed by atoms with Gasteiger partial charge in [-0.2, -0.15) is 0 Å². The second-order valence-electron chi connectivity index (χ2n) is 8.58. The van der Waals surface area contributed by atoms with Crippen LogP contribution in [0.4, 0.5) is 4.79 Å². The molecule has 2 saturated heterocycles. The maximum atomic E-state index is 12.1. The summed E-state index contributed by atoms with van der Waals surface area (Å²) in [5, 5.41) is 0. The molecule has 2 rings (SSSR count). The van der Waals surface area contributed by atoms with Crippen LogP contribution in [-0.2, 0) is 9.47 Å². The van der Waals surface area contributed by atoms with E-state index in [0.717, 1.165) is 58.8 Å². The van der Waals surface area contributed by atoms with Crippen LogP contribution in [0.1, 0.15) is 40.5 Å². The summed E-state index contributed by atoms with van der Waals surface area (Å²) in [5.41, 5.74) is -0.419. The molecule has 0 bridgehead atoms. The van der Waals surface area contributed by atoms with Crippen molar-refractivity contribution in [2.24, 2.45) is 5.92 Å². The number of nitrogens with zero attached hydrogens (tertiary/aromatic N) is 3. The van der Waals surface area contributed by atoms with Gasteiger partial charge in [0.1, 0.15) is 5.60 Å². The van der Waals surface area contributed by atoms with E-state index in [1.54, 1.807) is 0 Å². The van der Waals surface area contributed by atoms with Gasteiger partial charge in [-0.1, -0.05) is 6.92 Å². The first kappa shape index (κ1) is 20.5. The van der Waals surface area contributed by atoms with Gasteiger partial charge in [0, 0.05) is 52.4 Å². The van der Waals surface area contributed by atoms with E-state index in [0.29, 0.717) is 12.0 Å². The molecule has 0 N–H and O–H groups in total. The molecule has 2 aliphatic heterocycles. The monoisotopic (exact) mass is 355 g/mol. The molecule has 2 unspecified atom stereocenters. The number of rotatable bonds is 6. The molecule has 0 aromatic heterocycles. The average molecular weight is 356 g/mol. The Morgan fingerprint density at radius 3 is 2.44 bits per heavy atom. The van der Waals surface area contributed by atoms with Crippen LogP contribution in [0.5, 0.6) is 0 Å². The number of likely N-dealkylation sites (N-methyl/N-ethyl adjacent to an activating group) is 1. The molecule has 2 atom stereocenters. The third-order valence-electron chi connectivity index (χ3n) is 5.16. The normalized spacial score (nSPS) is 25.6. The first-order chi connectivity index (χ1) is 11.7. The highest BCUT2D eigenvalue weighted by Crippen LogP contribution is 2.22. The molecule has 2 heterocycles. The number of carbonyl (C=O) groups is 1. The lowest BCUT2D eigenvalue weighted by atomic mass is 10.0. The van der Waals surface area contributed by atoms with Crippen LogP contribution in [-0.4, -0.2) is 92.0 Å². The van der Waals surface area contributed by atoms with E-state index in [9.17, 15) is 4.79 Å². The van der Waals surface area contributed by atoms with Crippen LogP contribution in [0, 0.1) is 5.92 Å². The standard InChI is InChI=1S/C19H37N3O3/c1-16-7-15-24-17(16)6-8-20(5)9-10-21-11-13-22(14-12-21)18(23)25-19(2,3)4/h16-17H,6-15H2,1-5H3. The number of carbonyl (C=O) groups excluding carboxylic acids is 1. The Kier molecular flexibility index (Phi) is 7.52. The van der Waals surface area contributed by atoms with Crippen molar-refractivity contribution in [2.75, 3.05) is 59.5 Å². The molecular weight excluding hydrogens is 318 g/mol. The minimum atomic E-state index is -0.419. The molecule has 2 fully saturated rings. The lowest BCUT2D eigenvalue weighted by Gasteiger charge is -2.36. The lowest BCUT2D eigenvalue weighted by molar-refractivity contribution is 0.0139. The van der Waals surface area contributed by atoms with Crippen molar-refractivity contribution >= 4 is 6.09 Å². The van der Waals surface area contributed by atoms with Crippen LogP contribution in [0.25, 0.3) is 0 Å². The quantitative estimate of drug-likeness (QED) is 0.731. The molecule has 0 aromatic rings. The summed E-state index contributed by atoms with van der Waals surface area (Å²) < 4.78 is 11.2. The van der Waals surface area contributed by atoms with Gasteiger partial charge >= 0.3 is 6.09 Å². The number of hydrogen-bond acceptors (Lipinski definition) is 5. The maximum Gasteiger partial charge on any atom is 0.410 e. The Bertz CT molecular complexity index is 417. The van der Waals surface area contributed by atoms with E-state index in [2.05, 4.69) is 23.8 Å². The maximum absolute atomic E-state index is 12.1. The summed E-state index contributed by atoms with van der Waals surface area (Å²) in [6, 6.07) is 0. The van der Waals surface area contributed by atoms with Crippen molar-refractivity contribution in [1.29, 1.82) is 0 Å². The van der Waals surface area contributed by atoms with E-state index in [1.807, 2.05) is 25.7 Å². The minimum Gasteiger partial charge on any atom is -0.444 e.